The zero-order valence-electron chi connectivity index (χ0n) is 9.28. The lowest BCUT2D eigenvalue weighted by Gasteiger charge is -2.30. The van der Waals surface area contributed by atoms with Crippen molar-refractivity contribution in [2.24, 2.45) is 0 Å². The molecule has 0 unspecified atom stereocenters. The van der Waals surface area contributed by atoms with Crippen molar-refractivity contribution in [2.45, 2.75) is 11.8 Å². The number of rotatable bonds is 4. The van der Waals surface area contributed by atoms with Gasteiger partial charge in [0.1, 0.15) is 0 Å². The van der Waals surface area contributed by atoms with E-state index in [-0.39, 0.29) is 11.3 Å². The van der Waals surface area contributed by atoms with Crippen molar-refractivity contribution in [2.75, 3.05) is 14.2 Å². The van der Waals surface area contributed by atoms with Crippen molar-refractivity contribution in [1.82, 2.24) is 0 Å². The first kappa shape index (κ1) is 13.7. The molecule has 0 bridgehead atoms. The molecule has 0 aliphatic heterocycles. The van der Waals surface area contributed by atoms with Gasteiger partial charge in [0, 0.05) is 5.56 Å². The predicted molar refractivity (Wildman–Crippen MR) is 55.0 cm³/mol. The Hall–Kier alpha value is -1.38. The maximum absolute atomic E-state index is 9.42. The molecule has 17 heavy (non-hydrogen) atoms. The SMILES string of the molecule is COc1ccc(C(O)(O)C(O)(O)O)cc1OC. The maximum atomic E-state index is 9.42. The third-order valence-electron chi connectivity index (χ3n) is 2.25. The summed E-state index contributed by atoms with van der Waals surface area (Å²) in [5.74, 6) is -6.51. The summed E-state index contributed by atoms with van der Waals surface area (Å²) in [6.07, 6.45) is 0. The van der Waals surface area contributed by atoms with Gasteiger partial charge in [0.2, 0.25) is 0 Å². The van der Waals surface area contributed by atoms with Gasteiger partial charge in [-0.3, -0.25) is 0 Å². The predicted octanol–water partition coefficient (Wildman–Crippen LogP) is -1.53. The summed E-state index contributed by atoms with van der Waals surface area (Å²) in [5.41, 5.74) is -0.373. The molecular formula is C10H14O7. The van der Waals surface area contributed by atoms with Crippen molar-refractivity contribution in [3.8, 4) is 11.5 Å². The first-order valence-corrected chi connectivity index (χ1v) is 4.58. The standard InChI is InChI=1S/C10H14O7/c1-16-7-4-3-6(5-8(7)17-2)9(11,12)10(13,14)15/h3-5,11-15H,1-2H3. The smallest absolute Gasteiger partial charge is 0.337 e. The lowest BCUT2D eigenvalue weighted by molar-refractivity contribution is -0.454. The first-order valence-electron chi connectivity index (χ1n) is 4.58. The van der Waals surface area contributed by atoms with E-state index in [9.17, 15) is 10.2 Å². The van der Waals surface area contributed by atoms with Crippen LogP contribution in [0.4, 0.5) is 0 Å². The van der Waals surface area contributed by atoms with Crippen LogP contribution >= 0.6 is 0 Å². The zero-order chi connectivity index (χ0) is 13.3. The van der Waals surface area contributed by atoms with E-state index in [0.717, 1.165) is 12.1 Å². The van der Waals surface area contributed by atoms with Crippen LogP contribution < -0.4 is 9.47 Å². The summed E-state index contributed by atoms with van der Waals surface area (Å²) < 4.78 is 9.81. The molecule has 0 radical (unpaired) electrons. The van der Waals surface area contributed by atoms with E-state index in [1.54, 1.807) is 0 Å². The molecule has 0 aromatic heterocycles. The highest BCUT2D eigenvalue weighted by Crippen LogP contribution is 2.34. The summed E-state index contributed by atoms with van der Waals surface area (Å²) in [4.78, 5) is 0. The van der Waals surface area contributed by atoms with Crippen LogP contribution in [0.5, 0.6) is 11.5 Å². The Morgan fingerprint density at radius 1 is 0.882 bits per heavy atom. The zero-order valence-corrected chi connectivity index (χ0v) is 9.28. The Labute approximate surface area is 97.1 Å². The molecule has 0 aliphatic rings. The number of benzene rings is 1. The molecule has 1 aromatic rings. The molecule has 0 amide bonds. The minimum absolute atomic E-state index is 0.140. The third kappa shape index (κ3) is 2.48. The minimum atomic E-state index is -3.70. The molecule has 0 heterocycles. The van der Waals surface area contributed by atoms with Crippen molar-refractivity contribution < 1.29 is 35.0 Å². The van der Waals surface area contributed by atoms with Crippen LogP contribution in [-0.2, 0) is 5.79 Å². The normalized spacial score (nSPS) is 12.4. The van der Waals surface area contributed by atoms with Gasteiger partial charge in [-0.05, 0) is 18.2 Å². The molecule has 96 valence electrons. The molecule has 0 saturated carbocycles. The van der Waals surface area contributed by atoms with E-state index in [1.807, 2.05) is 0 Å². The summed E-state index contributed by atoms with van der Waals surface area (Å²) in [6.45, 7) is 0. The number of ether oxygens (including phenoxy) is 2. The summed E-state index contributed by atoms with van der Waals surface area (Å²) in [7, 11) is 2.71. The fraction of sp³-hybridized carbons (Fsp3) is 0.400. The average Bonchev–Trinajstić information content (AvgIpc) is 2.26. The van der Waals surface area contributed by atoms with Crippen molar-refractivity contribution in [3.63, 3.8) is 0 Å². The van der Waals surface area contributed by atoms with Gasteiger partial charge in [-0.15, -0.1) is 0 Å². The van der Waals surface area contributed by atoms with Gasteiger partial charge in [0.15, 0.2) is 11.5 Å². The molecule has 0 saturated heterocycles. The van der Waals surface area contributed by atoms with Crippen LogP contribution in [0.1, 0.15) is 5.56 Å². The topological polar surface area (TPSA) is 120 Å². The lowest BCUT2D eigenvalue weighted by Crippen LogP contribution is -2.51. The number of hydrogen-bond donors (Lipinski definition) is 5. The highest BCUT2D eigenvalue weighted by Gasteiger charge is 2.48. The molecule has 7 heteroatoms. The van der Waals surface area contributed by atoms with Crippen LogP contribution in [0.2, 0.25) is 0 Å². The monoisotopic (exact) mass is 246 g/mol. The van der Waals surface area contributed by atoms with Gasteiger partial charge in [0.25, 0.3) is 5.79 Å². The molecule has 0 atom stereocenters. The Bertz CT molecular complexity index is 394. The Kier molecular flexibility index (Phi) is 3.60. The van der Waals surface area contributed by atoms with Crippen molar-refractivity contribution in [1.29, 1.82) is 0 Å². The van der Waals surface area contributed by atoms with Gasteiger partial charge in [-0.25, -0.2) is 0 Å². The summed E-state index contributed by atoms with van der Waals surface area (Å²) in [5, 5.41) is 45.3. The molecule has 7 nitrogen and oxygen atoms in total. The summed E-state index contributed by atoms with van der Waals surface area (Å²) in [6, 6.07) is 3.55. The first-order chi connectivity index (χ1) is 7.74. The van der Waals surface area contributed by atoms with Gasteiger partial charge in [-0.2, -0.15) is 0 Å². The highest BCUT2D eigenvalue weighted by atomic mass is 16.7. The third-order valence-corrected chi connectivity index (χ3v) is 2.25. The summed E-state index contributed by atoms with van der Waals surface area (Å²) >= 11 is 0. The van der Waals surface area contributed by atoms with Gasteiger partial charge < -0.3 is 35.0 Å². The number of aliphatic hydroxyl groups is 5. The van der Waals surface area contributed by atoms with E-state index in [1.165, 1.54) is 20.3 Å². The van der Waals surface area contributed by atoms with Crippen molar-refractivity contribution in [3.05, 3.63) is 23.8 Å². The Morgan fingerprint density at radius 2 is 1.41 bits per heavy atom. The maximum Gasteiger partial charge on any atom is 0.337 e. The van der Waals surface area contributed by atoms with E-state index < -0.39 is 11.8 Å². The van der Waals surface area contributed by atoms with Gasteiger partial charge >= 0.3 is 5.97 Å². The lowest BCUT2D eigenvalue weighted by atomic mass is 10.0. The fourth-order valence-corrected chi connectivity index (χ4v) is 1.25. The van der Waals surface area contributed by atoms with Crippen LogP contribution in [0, 0.1) is 0 Å². The molecule has 1 rings (SSSR count). The minimum Gasteiger partial charge on any atom is -0.493 e. The fourth-order valence-electron chi connectivity index (χ4n) is 1.25. The quantitative estimate of drug-likeness (QED) is 0.409. The largest absolute Gasteiger partial charge is 0.493 e. The molecule has 1 aromatic carbocycles. The molecular weight excluding hydrogens is 232 g/mol. The number of hydrogen-bond acceptors (Lipinski definition) is 7. The molecule has 5 N–H and O–H groups in total. The molecule has 0 aliphatic carbocycles. The number of methoxy groups -OCH3 is 2. The van der Waals surface area contributed by atoms with Gasteiger partial charge in [-0.1, -0.05) is 0 Å². The second-order valence-electron chi connectivity index (χ2n) is 3.38. The molecule has 0 spiro atoms. The van der Waals surface area contributed by atoms with Gasteiger partial charge in [0.05, 0.1) is 14.2 Å². The van der Waals surface area contributed by atoms with Crippen LogP contribution in [-0.4, -0.2) is 45.7 Å². The van der Waals surface area contributed by atoms with E-state index in [2.05, 4.69) is 0 Å². The van der Waals surface area contributed by atoms with Crippen LogP contribution in [0.3, 0.4) is 0 Å². The van der Waals surface area contributed by atoms with E-state index >= 15 is 0 Å². The average molecular weight is 246 g/mol. The van der Waals surface area contributed by atoms with E-state index in [4.69, 9.17) is 24.8 Å². The van der Waals surface area contributed by atoms with Crippen LogP contribution in [0.25, 0.3) is 0 Å². The van der Waals surface area contributed by atoms with Crippen LogP contribution in [0.15, 0.2) is 18.2 Å². The van der Waals surface area contributed by atoms with E-state index in [0.29, 0.717) is 5.75 Å². The van der Waals surface area contributed by atoms with Crippen molar-refractivity contribution >= 4 is 0 Å². The Morgan fingerprint density at radius 3 is 1.82 bits per heavy atom. The second kappa shape index (κ2) is 4.47. The Balaban J connectivity index is 3.25. The second-order valence-corrected chi connectivity index (χ2v) is 3.38. The highest BCUT2D eigenvalue weighted by molar-refractivity contribution is 5.44. The molecule has 0 fully saturated rings.